The molecule has 0 fully saturated rings. The second-order valence-corrected chi connectivity index (χ2v) is 6.43. The molecular weight excluding hydrogens is 304 g/mol. The highest BCUT2D eigenvalue weighted by Gasteiger charge is 2.17. The Hall–Kier alpha value is -1.93. The van der Waals surface area contributed by atoms with Crippen molar-refractivity contribution in [3.8, 4) is 10.6 Å². The molecule has 3 aromatic heterocycles. The van der Waals surface area contributed by atoms with Crippen molar-refractivity contribution in [2.45, 2.75) is 20.4 Å². The van der Waals surface area contributed by atoms with Gasteiger partial charge < -0.3 is 11.1 Å². The first-order chi connectivity index (χ1) is 10.1. The van der Waals surface area contributed by atoms with E-state index >= 15 is 0 Å². The Labute approximate surface area is 130 Å². The van der Waals surface area contributed by atoms with Gasteiger partial charge in [-0.05, 0) is 25.4 Å². The third-order valence-electron chi connectivity index (χ3n) is 3.33. The van der Waals surface area contributed by atoms with Gasteiger partial charge in [0.1, 0.15) is 15.8 Å². The Balaban J connectivity index is 1.85. The Morgan fingerprint density at radius 1 is 1.38 bits per heavy atom. The van der Waals surface area contributed by atoms with Gasteiger partial charge in [-0.1, -0.05) is 0 Å². The fraction of sp³-hybridized carbons (Fsp3) is 0.308. The summed E-state index contributed by atoms with van der Waals surface area (Å²) in [5.41, 5.74) is 10.2. The normalized spacial score (nSPS) is 11.0. The van der Waals surface area contributed by atoms with Crippen LogP contribution in [0.1, 0.15) is 17.0 Å². The minimum Gasteiger partial charge on any atom is -0.382 e. The van der Waals surface area contributed by atoms with E-state index in [1.54, 1.807) is 11.3 Å². The zero-order chi connectivity index (χ0) is 15.0. The number of aryl methyl sites for hydroxylation is 2. The first-order valence-electron chi connectivity index (χ1n) is 6.45. The number of rotatable bonds is 4. The molecule has 0 aliphatic rings. The van der Waals surface area contributed by atoms with Crippen LogP contribution in [0.3, 0.4) is 0 Å². The van der Waals surface area contributed by atoms with Crippen molar-refractivity contribution in [1.82, 2.24) is 19.1 Å². The van der Waals surface area contributed by atoms with Gasteiger partial charge in [-0.3, -0.25) is 4.68 Å². The van der Waals surface area contributed by atoms with E-state index < -0.39 is 0 Å². The molecule has 6 nitrogen and oxygen atoms in total. The van der Waals surface area contributed by atoms with Crippen LogP contribution in [0.5, 0.6) is 0 Å². The molecule has 0 saturated heterocycles. The Bertz CT molecular complexity index is 770. The number of anilines is 2. The van der Waals surface area contributed by atoms with Crippen molar-refractivity contribution in [2.24, 2.45) is 7.05 Å². The van der Waals surface area contributed by atoms with Gasteiger partial charge >= 0.3 is 0 Å². The largest absolute Gasteiger partial charge is 0.382 e. The van der Waals surface area contributed by atoms with E-state index in [-0.39, 0.29) is 0 Å². The van der Waals surface area contributed by atoms with E-state index in [2.05, 4.69) is 26.7 Å². The third kappa shape index (κ3) is 2.64. The molecule has 3 N–H and O–H groups in total. The van der Waals surface area contributed by atoms with Crippen LogP contribution in [-0.2, 0) is 13.6 Å². The van der Waals surface area contributed by atoms with Crippen LogP contribution in [0.25, 0.3) is 10.6 Å². The molecule has 0 atom stereocenters. The Morgan fingerprint density at radius 3 is 2.81 bits per heavy atom. The van der Waals surface area contributed by atoms with Crippen LogP contribution in [0, 0.1) is 13.8 Å². The van der Waals surface area contributed by atoms with Crippen LogP contribution < -0.4 is 11.1 Å². The van der Waals surface area contributed by atoms with Gasteiger partial charge in [-0.25, -0.2) is 4.98 Å². The number of nitrogens with zero attached hydrogens (tertiary/aromatic N) is 4. The summed E-state index contributed by atoms with van der Waals surface area (Å²) in [6, 6.07) is 0. The van der Waals surface area contributed by atoms with Crippen LogP contribution >= 0.6 is 22.9 Å². The van der Waals surface area contributed by atoms with E-state index in [9.17, 15) is 0 Å². The molecule has 21 heavy (non-hydrogen) atoms. The van der Waals surface area contributed by atoms with E-state index in [4.69, 9.17) is 5.73 Å². The molecule has 0 radical (unpaired) electrons. The molecule has 0 spiro atoms. The van der Waals surface area contributed by atoms with Gasteiger partial charge in [0.2, 0.25) is 0 Å². The monoisotopic (exact) mass is 320 g/mol. The summed E-state index contributed by atoms with van der Waals surface area (Å²) in [6.45, 7) is 4.72. The molecule has 8 heteroatoms. The van der Waals surface area contributed by atoms with Crippen molar-refractivity contribution < 1.29 is 0 Å². The molecule has 0 aliphatic heterocycles. The van der Waals surface area contributed by atoms with E-state index in [0.29, 0.717) is 12.4 Å². The van der Waals surface area contributed by atoms with E-state index in [1.165, 1.54) is 11.5 Å². The topological polar surface area (TPSA) is 81.6 Å². The Kier molecular flexibility index (Phi) is 3.64. The molecule has 0 unspecified atom stereocenters. The van der Waals surface area contributed by atoms with Crippen molar-refractivity contribution in [3.63, 3.8) is 0 Å². The predicted octanol–water partition coefficient (Wildman–Crippen LogP) is 2.81. The van der Waals surface area contributed by atoms with Gasteiger partial charge in [-0.15, -0.1) is 11.3 Å². The lowest BCUT2D eigenvalue weighted by atomic mass is 10.2. The van der Waals surface area contributed by atoms with Crippen LogP contribution in [0.15, 0.2) is 11.6 Å². The fourth-order valence-corrected chi connectivity index (χ4v) is 3.62. The number of hydrogen-bond acceptors (Lipinski definition) is 7. The standard InChI is InChI=1S/C13H16N6S2/c1-7-6-20-13(17-7)10-11(14)18-21-12(10)15-4-9-5-16-19(3)8(9)2/h5-6,15H,4H2,1-3H3,(H2,14,18). The third-order valence-corrected chi connectivity index (χ3v) is 5.12. The summed E-state index contributed by atoms with van der Waals surface area (Å²) in [5, 5.41) is 11.5. The number of thiazole rings is 1. The maximum atomic E-state index is 6.00. The Morgan fingerprint density at radius 2 is 2.19 bits per heavy atom. The van der Waals surface area contributed by atoms with Gasteiger partial charge in [-0.2, -0.15) is 9.47 Å². The van der Waals surface area contributed by atoms with Crippen molar-refractivity contribution in [3.05, 3.63) is 28.5 Å². The molecule has 0 aromatic carbocycles. The van der Waals surface area contributed by atoms with Gasteiger partial charge in [0.05, 0.1) is 11.8 Å². The second-order valence-electron chi connectivity index (χ2n) is 4.80. The lowest BCUT2D eigenvalue weighted by Crippen LogP contribution is -2.01. The summed E-state index contributed by atoms with van der Waals surface area (Å²) in [7, 11) is 1.94. The molecular formula is C13H16N6S2. The maximum absolute atomic E-state index is 6.00. The molecule has 3 rings (SSSR count). The average molecular weight is 320 g/mol. The lowest BCUT2D eigenvalue weighted by molar-refractivity contribution is 0.738. The number of hydrogen-bond donors (Lipinski definition) is 2. The number of nitrogens with one attached hydrogen (secondary N) is 1. The zero-order valence-corrected chi connectivity index (χ0v) is 13.7. The summed E-state index contributed by atoms with van der Waals surface area (Å²) < 4.78 is 6.11. The highest BCUT2D eigenvalue weighted by Crippen LogP contribution is 2.38. The van der Waals surface area contributed by atoms with Gasteiger partial charge in [0, 0.05) is 35.9 Å². The van der Waals surface area contributed by atoms with Crippen LogP contribution in [-0.4, -0.2) is 19.1 Å². The van der Waals surface area contributed by atoms with Gasteiger partial charge in [0.25, 0.3) is 0 Å². The number of aromatic nitrogens is 4. The minimum atomic E-state index is 0.528. The highest BCUT2D eigenvalue weighted by atomic mass is 32.1. The van der Waals surface area contributed by atoms with Crippen molar-refractivity contribution >= 4 is 33.7 Å². The number of nitrogens with two attached hydrogens (primary N) is 1. The van der Waals surface area contributed by atoms with Gasteiger partial charge in [0.15, 0.2) is 0 Å². The summed E-state index contributed by atoms with van der Waals surface area (Å²) in [5.74, 6) is 0.528. The fourth-order valence-electron chi connectivity index (χ4n) is 1.99. The summed E-state index contributed by atoms with van der Waals surface area (Å²) in [4.78, 5) is 4.50. The summed E-state index contributed by atoms with van der Waals surface area (Å²) >= 11 is 2.95. The first-order valence-corrected chi connectivity index (χ1v) is 8.10. The molecule has 0 saturated carbocycles. The van der Waals surface area contributed by atoms with Crippen molar-refractivity contribution in [1.29, 1.82) is 0 Å². The van der Waals surface area contributed by atoms with Crippen molar-refractivity contribution in [2.75, 3.05) is 11.1 Å². The molecule has 3 aromatic rings. The SMILES string of the molecule is Cc1csc(-c2c(N)nsc2NCc2cnn(C)c2C)n1. The second kappa shape index (κ2) is 5.45. The molecule has 0 amide bonds. The number of nitrogen functional groups attached to an aromatic ring is 1. The van der Waals surface area contributed by atoms with E-state index in [0.717, 1.165) is 32.5 Å². The van der Waals surface area contributed by atoms with E-state index in [1.807, 2.05) is 30.2 Å². The zero-order valence-electron chi connectivity index (χ0n) is 12.0. The smallest absolute Gasteiger partial charge is 0.149 e. The highest BCUT2D eigenvalue weighted by molar-refractivity contribution is 7.15. The molecule has 110 valence electrons. The van der Waals surface area contributed by atoms with Crippen LogP contribution in [0.4, 0.5) is 10.8 Å². The quantitative estimate of drug-likeness (QED) is 0.772. The predicted molar refractivity (Wildman–Crippen MR) is 87.6 cm³/mol. The molecule has 0 bridgehead atoms. The summed E-state index contributed by atoms with van der Waals surface area (Å²) in [6.07, 6.45) is 1.87. The lowest BCUT2D eigenvalue weighted by Gasteiger charge is -2.05. The minimum absolute atomic E-state index is 0.528. The average Bonchev–Trinajstić information content (AvgIpc) is 3.11. The molecule has 0 aliphatic carbocycles. The maximum Gasteiger partial charge on any atom is 0.149 e. The molecule has 3 heterocycles. The first kappa shape index (κ1) is 14.0. The van der Waals surface area contributed by atoms with Crippen LogP contribution in [0.2, 0.25) is 0 Å².